The fourth-order valence-electron chi connectivity index (χ4n) is 8.14. The first-order valence-corrected chi connectivity index (χ1v) is 10.6. The van der Waals surface area contributed by atoms with E-state index in [0.717, 1.165) is 35.5 Å². The zero-order chi connectivity index (χ0) is 18.0. The van der Waals surface area contributed by atoms with Crippen LogP contribution >= 0.6 is 0 Å². The standard InChI is InChI=1S/C22H36N2O/c1-13-10-15-11-14(2)22(4,24-12-25)18-7-6-17-20(19(15)18)16(13)8-9-21(17,3)23-5/h13-20H,5-11,23H2,1-4H3/t13-,14+,15-,16+,17-,18-,19+,20+,21-,22+/m0/s1. The molecule has 0 aromatic carbocycles. The lowest BCUT2D eigenvalue weighted by molar-refractivity contribution is -0.688. The van der Waals surface area contributed by atoms with E-state index in [9.17, 15) is 4.79 Å². The van der Waals surface area contributed by atoms with E-state index >= 15 is 0 Å². The first-order chi connectivity index (χ1) is 11.9. The first-order valence-electron chi connectivity index (χ1n) is 10.6. The molecule has 4 saturated carbocycles. The van der Waals surface area contributed by atoms with Crippen LogP contribution in [0.4, 0.5) is 0 Å². The minimum Gasteiger partial charge on any atom is -0.474 e. The van der Waals surface area contributed by atoms with Crippen molar-refractivity contribution in [2.75, 3.05) is 0 Å². The maximum atomic E-state index is 11.2. The molecule has 3 heteroatoms. The summed E-state index contributed by atoms with van der Waals surface area (Å²) in [4.78, 5) is 15.7. The van der Waals surface area contributed by atoms with Gasteiger partial charge in [0.15, 0.2) is 0 Å². The van der Waals surface area contributed by atoms with E-state index in [1.54, 1.807) is 0 Å². The van der Waals surface area contributed by atoms with Gasteiger partial charge in [-0.1, -0.05) is 13.8 Å². The van der Waals surface area contributed by atoms with Crippen LogP contribution in [0.3, 0.4) is 0 Å². The Balaban J connectivity index is 1.77. The van der Waals surface area contributed by atoms with Crippen LogP contribution in [0.5, 0.6) is 0 Å². The van der Waals surface area contributed by atoms with Gasteiger partial charge in [-0.2, -0.15) is 12.0 Å². The van der Waals surface area contributed by atoms with Gasteiger partial charge in [-0.25, -0.2) is 4.79 Å². The van der Waals surface area contributed by atoms with E-state index in [-0.39, 0.29) is 5.54 Å². The van der Waals surface area contributed by atoms with E-state index in [1.807, 2.05) is 6.08 Å². The summed E-state index contributed by atoms with van der Waals surface area (Å²) in [5.74, 6) is 6.00. The van der Waals surface area contributed by atoms with Crippen LogP contribution in [-0.2, 0) is 4.79 Å². The Kier molecular flexibility index (Phi) is 4.20. The highest BCUT2D eigenvalue weighted by Crippen LogP contribution is 2.65. The largest absolute Gasteiger partial charge is 0.474 e. The predicted octanol–water partition coefficient (Wildman–Crippen LogP) is 3.56. The number of rotatable bonds is 2. The van der Waals surface area contributed by atoms with Crippen molar-refractivity contribution >= 4 is 6.08 Å². The van der Waals surface area contributed by atoms with Crippen LogP contribution < -0.4 is 5.32 Å². The number of isocyanates is 1. The van der Waals surface area contributed by atoms with Crippen LogP contribution in [0.1, 0.15) is 66.2 Å². The molecular formula is C22H36N2O. The highest BCUT2D eigenvalue weighted by molar-refractivity contribution is 5.36. The first kappa shape index (κ1) is 17.7. The molecule has 4 aliphatic carbocycles. The van der Waals surface area contributed by atoms with Crippen LogP contribution in [0.15, 0.2) is 4.99 Å². The quantitative estimate of drug-likeness (QED) is 0.465. The number of quaternary nitrogens is 1. The molecule has 0 amide bonds. The Morgan fingerprint density at radius 3 is 2.48 bits per heavy atom. The Morgan fingerprint density at radius 1 is 1.08 bits per heavy atom. The monoisotopic (exact) mass is 344 g/mol. The Morgan fingerprint density at radius 2 is 1.80 bits per heavy atom. The molecule has 0 aromatic heterocycles. The summed E-state index contributed by atoms with van der Waals surface area (Å²) in [6, 6.07) is 0. The fourth-order valence-corrected chi connectivity index (χ4v) is 8.14. The molecule has 0 aromatic rings. The number of carbonyl (C=O) groups excluding carboxylic acids is 1. The van der Waals surface area contributed by atoms with E-state index in [2.05, 4.69) is 45.1 Å². The molecule has 0 spiro atoms. The van der Waals surface area contributed by atoms with Crippen molar-refractivity contribution in [2.24, 2.45) is 52.3 Å². The van der Waals surface area contributed by atoms with Gasteiger partial charge < -0.3 is 5.32 Å². The smallest absolute Gasteiger partial charge is 0.235 e. The Hall–Kier alpha value is -0.660. The van der Waals surface area contributed by atoms with Gasteiger partial charge >= 0.3 is 0 Å². The highest BCUT2D eigenvalue weighted by Gasteiger charge is 2.63. The van der Waals surface area contributed by atoms with Gasteiger partial charge in [0.25, 0.3) is 0 Å². The average molecular weight is 345 g/mol. The highest BCUT2D eigenvalue weighted by atomic mass is 16.1. The lowest BCUT2D eigenvalue weighted by atomic mass is 9.40. The van der Waals surface area contributed by atoms with Gasteiger partial charge in [0, 0.05) is 12.3 Å². The number of nitrogens with two attached hydrogens (primary N) is 1. The van der Waals surface area contributed by atoms with Gasteiger partial charge in [-0.3, -0.25) is 0 Å². The molecule has 4 fully saturated rings. The number of aliphatic imine (C=N–C) groups is 1. The maximum absolute atomic E-state index is 11.2. The maximum Gasteiger partial charge on any atom is 0.235 e. The van der Waals surface area contributed by atoms with Crippen molar-refractivity contribution in [1.29, 1.82) is 0 Å². The number of nitrogens with zero attached hydrogens (tertiary/aromatic N) is 1. The molecule has 0 radical (unpaired) electrons. The summed E-state index contributed by atoms with van der Waals surface area (Å²) >= 11 is 0. The third-order valence-corrected chi connectivity index (χ3v) is 9.63. The summed E-state index contributed by atoms with van der Waals surface area (Å²) in [5.41, 5.74) is 0.113. The van der Waals surface area contributed by atoms with Crippen molar-refractivity contribution < 1.29 is 10.1 Å². The molecule has 140 valence electrons. The second-order valence-corrected chi connectivity index (χ2v) is 10.4. The fraction of sp³-hybridized carbons (Fsp3) is 0.909. The van der Waals surface area contributed by atoms with E-state index < -0.39 is 0 Å². The second kappa shape index (κ2) is 5.92. The zero-order valence-electron chi connectivity index (χ0n) is 16.5. The van der Waals surface area contributed by atoms with Crippen LogP contribution in [-0.4, -0.2) is 17.2 Å². The normalized spacial score (nSPS) is 57.3. The van der Waals surface area contributed by atoms with Gasteiger partial charge in [0.2, 0.25) is 6.08 Å². The van der Waals surface area contributed by atoms with Crippen LogP contribution in [0, 0.1) is 54.4 Å². The predicted molar refractivity (Wildman–Crippen MR) is 99.2 cm³/mol. The van der Waals surface area contributed by atoms with Crippen molar-refractivity contribution in [3.63, 3.8) is 0 Å². The molecule has 0 bridgehead atoms. The van der Waals surface area contributed by atoms with Gasteiger partial charge in [0.1, 0.15) is 0 Å². The SMILES string of the molecule is [CH2-][NH2+][C@@]1(C)CC[C@H]2[C@H]3[C@@H]4[C@H](C[C@@H](C)[C@@](C)(N=C=O)[C@H]4CC[C@@H]31)C[C@@H]2C. The number of hydrogen-bond acceptors (Lipinski definition) is 2. The van der Waals surface area contributed by atoms with E-state index in [1.165, 1.54) is 38.5 Å². The van der Waals surface area contributed by atoms with Gasteiger partial charge in [0.05, 0.1) is 11.1 Å². The lowest BCUT2D eigenvalue weighted by Crippen LogP contribution is -2.94. The van der Waals surface area contributed by atoms with E-state index in [0.29, 0.717) is 17.4 Å². The summed E-state index contributed by atoms with van der Waals surface area (Å²) in [6.07, 6.45) is 9.80. The molecule has 3 nitrogen and oxygen atoms in total. The Bertz CT molecular complexity index is 585. The summed E-state index contributed by atoms with van der Waals surface area (Å²) in [5, 5.41) is 2.27. The topological polar surface area (TPSA) is 46.0 Å². The molecule has 10 atom stereocenters. The van der Waals surface area contributed by atoms with Crippen molar-refractivity contribution in [3.05, 3.63) is 7.05 Å². The van der Waals surface area contributed by atoms with E-state index in [4.69, 9.17) is 0 Å². The molecule has 25 heavy (non-hydrogen) atoms. The number of hydrogen-bond donors (Lipinski definition) is 1. The summed E-state index contributed by atoms with van der Waals surface area (Å²) in [7, 11) is 4.23. The summed E-state index contributed by atoms with van der Waals surface area (Å²) in [6.45, 7) is 9.56. The molecule has 0 unspecified atom stereocenters. The van der Waals surface area contributed by atoms with Crippen molar-refractivity contribution in [1.82, 2.24) is 0 Å². The van der Waals surface area contributed by atoms with Crippen molar-refractivity contribution in [2.45, 2.75) is 77.3 Å². The van der Waals surface area contributed by atoms with Gasteiger partial charge in [-0.05, 0) is 87.4 Å². The van der Waals surface area contributed by atoms with Crippen LogP contribution in [0.25, 0.3) is 0 Å². The average Bonchev–Trinajstić information content (AvgIpc) is 2.59. The Labute approximate surface area is 153 Å². The lowest BCUT2D eigenvalue weighted by Gasteiger charge is -2.66. The molecule has 0 saturated heterocycles. The molecule has 4 rings (SSSR count). The minimum absolute atomic E-state index is 0.193. The molecule has 4 aliphatic rings. The third-order valence-electron chi connectivity index (χ3n) is 9.63. The molecular weight excluding hydrogens is 308 g/mol. The second-order valence-electron chi connectivity index (χ2n) is 10.4. The summed E-state index contributed by atoms with van der Waals surface area (Å²) < 4.78 is 0. The zero-order valence-corrected chi connectivity index (χ0v) is 16.5. The molecule has 0 heterocycles. The third kappa shape index (κ3) is 2.34. The minimum atomic E-state index is -0.193. The molecule has 2 N–H and O–H groups in total. The van der Waals surface area contributed by atoms with Crippen molar-refractivity contribution in [3.8, 4) is 0 Å². The molecule has 0 aliphatic heterocycles. The van der Waals surface area contributed by atoms with Crippen LogP contribution in [0.2, 0.25) is 0 Å². The van der Waals surface area contributed by atoms with Gasteiger partial charge in [-0.15, -0.1) is 0 Å².